The quantitative estimate of drug-likeness (QED) is 0.153. The second-order valence-electron chi connectivity index (χ2n) is 16.4. The highest BCUT2D eigenvalue weighted by molar-refractivity contribution is 6.26. The van der Waals surface area contributed by atoms with Crippen molar-refractivity contribution in [2.75, 3.05) is 4.90 Å². The zero-order chi connectivity index (χ0) is 41.7. The van der Waals surface area contributed by atoms with E-state index in [0.29, 0.717) is 0 Å². The van der Waals surface area contributed by atoms with Crippen LogP contribution in [0.5, 0.6) is 0 Å². The molecule has 0 saturated heterocycles. The van der Waals surface area contributed by atoms with Crippen molar-refractivity contribution in [3.05, 3.63) is 242 Å². The summed E-state index contributed by atoms with van der Waals surface area (Å²) in [7, 11) is 0. The van der Waals surface area contributed by atoms with Gasteiger partial charge in [0.15, 0.2) is 0 Å². The van der Waals surface area contributed by atoms with Crippen LogP contribution >= 0.6 is 0 Å². The summed E-state index contributed by atoms with van der Waals surface area (Å²) in [5.41, 5.74) is 18.5. The lowest BCUT2D eigenvalue weighted by molar-refractivity contribution is 0.667. The van der Waals surface area contributed by atoms with E-state index in [1.807, 2.05) is 0 Å². The molecule has 1 aliphatic carbocycles. The maximum atomic E-state index is 6.93. The van der Waals surface area contributed by atoms with Crippen LogP contribution in [-0.4, -0.2) is 4.57 Å². The molecule has 2 heterocycles. The Balaban J connectivity index is 1.000. The Hall–Kier alpha value is -8.14. The largest absolute Gasteiger partial charge is 0.455 e. The summed E-state index contributed by atoms with van der Waals surface area (Å²) in [4.78, 5) is 2.42. The molecule has 1 aliphatic rings. The molecule has 0 spiro atoms. The molecule has 0 saturated carbocycles. The Morgan fingerprint density at radius 2 is 0.905 bits per heavy atom. The highest BCUT2D eigenvalue weighted by atomic mass is 16.3. The zero-order valence-corrected chi connectivity index (χ0v) is 34.7. The van der Waals surface area contributed by atoms with Gasteiger partial charge < -0.3 is 13.9 Å². The maximum Gasteiger partial charge on any atom is 0.145 e. The number of benzene rings is 9. The standard InChI is InChI=1S/C60H42N2O/c1-4-14-41(15-5-1)44-24-32-48(33-25-44)61(49-34-26-45(27-35-49)42-16-6-2-7-17-42)50-38-30-47(31-39-50)54-40-55-52-20-10-12-22-56(52)62(51-36-28-46(29-37-51)43-18-8-3-9-19-43)59(55)58-53-21-11-13-23-57(53)63-60(54)58/h1-30,32-38,40H,31,39H2. The molecule has 12 rings (SSSR count). The average Bonchev–Trinajstić information content (AvgIpc) is 3.92. The zero-order valence-electron chi connectivity index (χ0n) is 34.7. The van der Waals surface area contributed by atoms with Crippen molar-refractivity contribution in [1.82, 2.24) is 4.57 Å². The van der Waals surface area contributed by atoms with E-state index in [9.17, 15) is 0 Å². The highest BCUT2D eigenvalue weighted by Crippen LogP contribution is 2.46. The van der Waals surface area contributed by atoms with E-state index in [2.05, 4.69) is 240 Å². The predicted molar refractivity (Wildman–Crippen MR) is 265 cm³/mol. The Morgan fingerprint density at radius 1 is 0.413 bits per heavy atom. The average molecular weight is 807 g/mol. The number of aromatic nitrogens is 1. The summed E-state index contributed by atoms with van der Waals surface area (Å²) in [5, 5.41) is 4.72. The van der Waals surface area contributed by atoms with Gasteiger partial charge in [0.25, 0.3) is 0 Å². The van der Waals surface area contributed by atoms with Gasteiger partial charge in [-0.25, -0.2) is 0 Å². The summed E-state index contributed by atoms with van der Waals surface area (Å²) in [5.74, 6) is 0. The molecule has 0 aliphatic heterocycles. The van der Waals surface area contributed by atoms with Crippen LogP contribution < -0.4 is 4.90 Å². The maximum absolute atomic E-state index is 6.93. The molecule has 0 radical (unpaired) electrons. The molecule has 0 N–H and O–H groups in total. The second-order valence-corrected chi connectivity index (χ2v) is 16.4. The van der Waals surface area contributed by atoms with E-state index in [0.717, 1.165) is 57.4 Å². The van der Waals surface area contributed by atoms with Gasteiger partial charge >= 0.3 is 0 Å². The molecule has 11 aromatic rings. The summed E-state index contributed by atoms with van der Waals surface area (Å²) in [6.45, 7) is 0. The minimum absolute atomic E-state index is 0.863. The van der Waals surface area contributed by atoms with Crippen molar-refractivity contribution in [2.24, 2.45) is 0 Å². The van der Waals surface area contributed by atoms with Crippen molar-refractivity contribution in [2.45, 2.75) is 12.8 Å². The normalized spacial score (nSPS) is 12.8. The number of fused-ring (bicyclic) bond motifs is 7. The molecule has 298 valence electrons. The number of furan rings is 1. The first-order valence-electron chi connectivity index (χ1n) is 21.8. The molecule has 0 fully saturated rings. The van der Waals surface area contributed by atoms with Crippen molar-refractivity contribution in [1.29, 1.82) is 0 Å². The number of hydrogen-bond acceptors (Lipinski definition) is 2. The van der Waals surface area contributed by atoms with Crippen LogP contribution in [0.2, 0.25) is 0 Å². The Labute approximate surface area is 366 Å². The molecule has 63 heavy (non-hydrogen) atoms. The van der Waals surface area contributed by atoms with Gasteiger partial charge in [-0.05, 0) is 112 Å². The summed E-state index contributed by atoms with van der Waals surface area (Å²) < 4.78 is 9.37. The van der Waals surface area contributed by atoms with Crippen LogP contribution in [0, 0.1) is 0 Å². The third kappa shape index (κ3) is 6.45. The van der Waals surface area contributed by atoms with Crippen molar-refractivity contribution < 1.29 is 4.42 Å². The lowest BCUT2D eigenvalue weighted by Crippen LogP contribution is -2.17. The minimum Gasteiger partial charge on any atom is -0.455 e. The molecule has 0 amide bonds. The molecule has 0 unspecified atom stereocenters. The van der Waals surface area contributed by atoms with E-state index in [4.69, 9.17) is 4.42 Å². The molecule has 3 nitrogen and oxygen atoms in total. The summed E-state index contributed by atoms with van der Waals surface area (Å²) >= 11 is 0. The predicted octanol–water partition coefficient (Wildman–Crippen LogP) is 16.6. The number of anilines is 2. The van der Waals surface area contributed by atoms with Gasteiger partial charge in [-0.2, -0.15) is 0 Å². The van der Waals surface area contributed by atoms with Crippen molar-refractivity contribution in [3.8, 4) is 39.1 Å². The number of hydrogen-bond donors (Lipinski definition) is 0. The van der Waals surface area contributed by atoms with Crippen molar-refractivity contribution in [3.63, 3.8) is 0 Å². The molecule has 9 aromatic carbocycles. The molecule has 3 heteroatoms. The van der Waals surface area contributed by atoms with Gasteiger partial charge in [-0.1, -0.05) is 170 Å². The van der Waals surface area contributed by atoms with E-state index in [-0.39, 0.29) is 0 Å². The van der Waals surface area contributed by atoms with E-state index in [1.165, 1.54) is 66.5 Å². The number of rotatable bonds is 8. The van der Waals surface area contributed by atoms with Gasteiger partial charge in [-0.3, -0.25) is 0 Å². The van der Waals surface area contributed by atoms with Gasteiger partial charge in [0.2, 0.25) is 0 Å². The molecule has 0 atom stereocenters. The van der Waals surface area contributed by atoms with Gasteiger partial charge in [0.05, 0.1) is 16.4 Å². The molecule has 0 bridgehead atoms. The fourth-order valence-corrected chi connectivity index (χ4v) is 9.66. The van der Waals surface area contributed by atoms with E-state index < -0.39 is 0 Å². The van der Waals surface area contributed by atoms with E-state index in [1.54, 1.807) is 0 Å². The summed E-state index contributed by atoms with van der Waals surface area (Å²) in [6.07, 6.45) is 6.38. The molecular formula is C60H42N2O. The third-order valence-corrected chi connectivity index (χ3v) is 12.7. The molecular weight excluding hydrogens is 765 g/mol. The van der Waals surface area contributed by atoms with Gasteiger partial charge in [-0.15, -0.1) is 0 Å². The first-order valence-corrected chi connectivity index (χ1v) is 21.8. The Bertz CT molecular complexity index is 3420. The van der Waals surface area contributed by atoms with Gasteiger partial charge in [0.1, 0.15) is 11.2 Å². The lowest BCUT2D eigenvalue weighted by atomic mass is 9.92. The Morgan fingerprint density at radius 3 is 1.46 bits per heavy atom. The van der Waals surface area contributed by atoms with Crippen LogP contribution in [0.3, 0.4) is 0 Å². The van der Waals surface area contributed by atoms with Gasteiger partial charge in [0, 0.05) is 44.5 Å². The van der Waals surface area contributed by atoms with Crippen LogP contribution in [0.15, 0.2) is 241 Å². The second kappa shape index (κ2) is 15.4. The van der Waals surface area contributed by atoms with Crippen LogP contribution in [0.4, 0.5) is 11.4 Å². The first-order chi connectivity index (χ1) is 31.2. The fourth-order valence-electron chi connectivity index (χ4n) is 9.66. The number of nitrogens with zero attached hydrogens (tertiary/aromatic N) is 2. The topological polar surface area (TPSA) is 21.3 Å². The number of para-hydroxylation sites is 2. The monoisotopic (exact) mass is 806 g/mol. The van der Waals surface area contributed by atoms with E-state index >= 15 is 0 Å². The molecule has 2 aromatic heterocycles. The first kappa shape index (κ1) is 36.7. The van der Waals surface area contributed by atoms with Crippen LogP contribution in [0.1, 0.15) is 18.4 Å². The van der Waals surface area contributed by atoms with Crippen LogP contribution in [0.25, 0.3) is 88.4 Å². The fraction of sp³-hybridized carbons (Fsp3) is 0.0333. The lowest BCUT2D eigenvalue weighted by Gasteiger charge is -2.30. The summed E-state index contributed by atoms with van der Waals surface area (Å²) in [6, 6.07) is 78.5. The van der Waals surface area contributed by atoms with Crippen LogP contribution in [-0.2, 0) is 0 Å². The Kier molecular flexibility index (Phi) is 8.97. The smallest absolute Gasteiger partial charge is 0.145 e. The number of allylic oxidation sites excluding steroid dienone is 4. The highest BCUT2D eigenvalue weighted by Gasteiger charge is 2.25. The minimum atomic E-state index is 0.863. The third-order valence-electron chi connectivity index (χ3n) is 12.7. The SMILES string of the molecule is C1=C(c2cc3c4ccccc4n(-c4ccc(-c5ccccc5)cc4)c3c3c2oc2ccccc23)CCC(N(c2ccc(-c3ccccc3)cc2)c2ccc(-c3ccccc3)cc2)=C1. The van der Waals surface area contributed by atoms with Crippen molar-refractivity contribution >= 4 is 60.7 Å².